The summed E-state index contributed by atoms with van der Waals surface area (Å²) in [5, 5.41) is 4.05. The lowest BCUT2D eigenvalue weighted by Crippen LogP contribution is -2.29. The van der Waals surface area contributed by atoms with Gasteiger partial charge in [-0.2, -0.15) is 0 Å². The lowest BCUT2D eigenvalue weighted by atomic mass is 9.97. The fraction of sp³-hybridized carbons (Fsp3) is 0.0714. The molecule has 0 unspecified atom stereocenters. The van der Waals surface area contributed by atoms with Gasteiger partial charge in [0.2, 0.25) is 0 Å². The van der Waals surface area contributed by atoms with Crippen molar-refractivity contribution in [2.24, 2.45) is 0 Å². The molecule has 5 rings (SSSR count). The van der Waals surface area contributed by atoms with Crippen LogP contribution in [0.4, 0.5) is 0 Å². The molecule has 0 aliphatic heterocycles. The van der Waals surface area contributed by atoms with Crippen LogP contribution in [0.3, 0.4) is 0 Å². The Bertz CT molecular complexity index is 1340. The Morgan fingerprint density at radius 2 is 1.44 bits per heavy atom. The topological polar surface area (TPSA) is 55.1 Å². The maximum atomic E-state index is 13.6. The average molecular weight is 418 g/mol. The predicted molar refractivity (Wildman–Crippen MR) is 126 cm³/mol. The highest BCUT2D eigenvalue weighted by molar-refractivity contribution is 6.07. The molecule has 0 bridgehead atoms. The number of furan rings is 1. The smallest absolute Gasteiger partial charge is 0.252 e. The number of benzene rings is 3. The number of carbonyl (C=O) groups is 1. The van der Waals surface area contributed by atoms with E-state index in [4.69, 9.17) is 9.40 Å². The van der Waals surface area contributed by atoms with E-state index in [-0.39, 0.29) is 11.9 Å². The number of fused-ring (bicyclic) bond motifs is 1. The van der Waals surface area contributed by atoms with Crippen molar-refractivity contribution in [1.82, 2.24) is 10.3 Å². The first kappa shape index (κ1) is 19.8. The summed E-state index contributed by atoms with van der Waals surface area (Å²) in [7, 11) is 0. The van der Waals surface area contributed by atoms with E-state index in [0.717, 1.165) is 27.8 Å². The minimum absolute atomic E-state index is 0.161. The third kappa shape index (κ3) is 3.91. The minimum atomic E-state index is -0.272. The quantitative estimate of drug-likeness (QED) is 0.363. The van der Waals surface area contributed by atoms with Crippen LogP contribution in [0.15, 0.2) is 108 Å². The summed E-state index contributed by atoms with van der Waals surface area (Å²) in [6, 6.07) is 33.0. The number of hydrogen-bond acceptors (Lipinski definition) is 3. The molecule has 32 heavy (non-hydrogen) atoms. The number of pyridine rings is 1. The summed E-state index contributed by atoms with van der Waals surface area (Å²) < 4.78 is 5.78. The van der Waals surface area contributed by atoms with Crippen molar-refractivity contribution in [3.05, 3.63) is 126 Å². The molecule has 0 saturated heterocycles. The van der Waals surface area contributed by atoms with Crippen LogP contribution in [0.5, 0.6) is 0 Å². The van der Waals surface area contributed by atoms with E-state index < -0.39 is 0 Å². The molecule has 1 N–H and O–H groups in total. The molecule has 0 spiro atoms. The summed E-state index contributed by atoms with van der Waals surface area (Å²) in [6.45, 7) is 1.89. The standard InChI is InChI=1S/C28H22N2O2/c1-19-16-17-26(32-19)25-18-23(22-14-8-9-15-24(22)29-25)28(31)30-27(20-10-4-2-5-11-20)21-12-6-3-7-13-21/h2-18,27H,1H3,(H,30,31). The van der Waals surface area contributed by atoms with Gasteiger partial charge in [0.05, 0.1) is 17.1 Å². The summed E-state index contributed by atoms with van der Waals surface area (Å²) in [5.74, 6) is 1.28. The Hall–Kier alpha value is -4.18. The molecule has 0 saturated carbocycles. The van der Waals surface area contributed by atoms with Crippen molar-refractivity contribution < 1.29 is 9.21 Å². The molecular weight excluding hydrogens is 396 g/mol. The zero-order chi connectivity index (χ0) is 21.9. The number of carbonyl (C=O) groups excluding carboxylic acids is 1. The van der Waals surface area contributed by atoms with Crippen LogP contribution < -0.4 is 5.32 Å². The van der Waals surface area contributed by atoms with Crippen molar-refractivity contribution in [3.8, 4) is 11.5 Å². The van der Waals surface area contributed by atoms with Gasteiger partial charge in [0, 0.05) is 5.39 Å². The lowest BCUT2D eigenvalue weighted by Gasteiger charge is -2.20. The van der Waals surface area contributed by atoms with Crippen LogP contribution >= 0.6 is 0 Å². The summed E-state index contributed by atoms with van der Waals surface area (Å²) in [4.78, 5) is 18.4. The van der Waals surface area contributed by atoms with Gasteiger partial charge in [0.15, 0.2) is 5.76 Å². The van der Waals surface area contributed by atoms with E-state index in [2.05, 4.69) is 5.32 Å². The molecule has 4 nitrogen and oxygen atoms in total. The Morgan fingerprint density at radius 1 is 0.812 bits per heavy atom. The SMILES string of the molecule is Cc1ccc(-c2cc(C(=O)NC(c3ccccc3)c3ccccc3)c3ccccc3n2)o1. The van der Waals surface area contributed by atoms with Crippen molar-refractivity contribution >= 4 is 16.8 Å². The van der Waals surface area contributed by atoms with Crippen LogP contribution in [0.2, 0.25) is 0 Å². The van der Waals surface area contributed by atoms with Gasteiger partial charge in [-0.25, -0.2) is 4.98 Å². The monoisotopic (exact) mass is 418 g/mol. The van der Waals surface area contributed by atoms with Gasteiger partial charge >= 0.3 is 0 Å². The van der Waals surface area contributed by atoms with Gasteiger partial charge in [0.25, 0.3) is 5.91 Å². The highest BCUT2D eigenvalue weighted by atomic mass is 16.3. The van der Waals surface area contributed by atoms with Crippen LogP contribution in [0.25, 0.3) is 22.4 Å². The van der Waals surface area contributed by atoms with E-state index in [9.17, 15) is 4.79 Å². The molecule has 2 heterocycles. The van der Waals surface area contributed by atoms with Gasteiger partial charge in [-0.3, -0.25) is 4.79 Å². The number of rotatable bonds is 5. The number of para-hydroxylation sites is 1. The van der Waals surface area contributed by atoms with Gasteiger partial charge in [-0.15, -0.1) is 0 Å². The average Bonchev–Trinajstić information content (AvgIpc) is 3.29. The number of aromatic nitrogens is 1. The number of hydrogen-bond donors (Lipinski definition) is 1. The maximum absolute atomic E-state index is 13.6. The maximum Gasteiger partial charge on any atom is 0.252 e. The molecule has 1 amide bonds. The van der Waals surface area contributed by atoms with E-state index in [1.54, 1.807) is 0 Å². The number of nitrogens with zero attached hydrogens (tertiary/aromatic N) is 1. The minimum Gasteiger partial charge on any atom is -0.460 e. The van der Waals surface area contributed by atoms with Gasteiger partial charge in [-0.1, -0.05) is 78.9 Å². The second-order valence-corrected chi connectivity index (χ2v) is 7.71. The second-order valence-electron chi connectivity index (χ2n) is 7.71. The molecule has 3 aromatic carbocycles. The van der Waals surface area contributed by atoms with Crippen LogP contribution in [0.1, 0.15) is 33.3 Å². The van der Waals surface area contributed by atoms with Crippen LogP contribution in [-0.4, -0.2) is 10.9 Å². The molecular formula is C28H22N2O2. The molecule has 0 aliphatic rings. The molecule has 0 radical (unpaired) electrons. The zero-order valence-corrected chi connectivity index (χ0v) is 17.7. The first-order chi connectivity index (χ1) is 15.7. The molecule has 5 aromatic rings. The van der Waals surface area contributed by atoms with Crippen molar-refractivity contribution in [2.75, 3.05) is 0 Å². The largest absolute Gasteiger partial charge is 0.460 e. The normalized spacial score (nSPS) is 11.1. The van der Waals surface area contributed by atoms with E-state index in [1.807, 2.05) is 110 Å². The Kier molecular flexibility index (Phi) is 5.26. The Morgan fingerprint density at radius 3 is 2.06 bits per heavy atom. The molecule has 0 aliphatic carbocycles. The number of amides is 1. The summed E-state index contributed by atoms with van der Waals surface area (Å²) in [5.41, 5.74) is 3.99. The molecule has 0 fully saturated rings. The fourth-order valence-corrected chi connectivity index (χ4v) is 3.92. The van der Waals surface area contributed by atoms with Crippen LogP contribution in [-0.2, 0) is 0 Å². The third-order valence-corrected chi connectivity index (χ3v) is 5.49. The van der Waals surface area contributed by atoms with E-state index >= 15 is 0 Å². The number of aryl methyl sites for hydroxylation is 1. The summed E-state index contributed by atoms with van der Waals surface area (Å²) in [6.07, 6.45) is 0. The Balaban J connectivity index is 1.59. The summed E-state index contributed by atoms with van der Waals surface area (Å²) >= 11 is 0. The zero-order valence-electron chi connectivity index (χ0n) is 17.7. The predicted octanol–water partition coefficient (Wildman–Crippen LogP) is 6.32. The molecule has 4 heteroatoms. The second kappa shape index (κ2) is 8.52. The van der Waals surface area contributed by atoms with E-state index in [0.29, 0.717) is 17.0 Å². The molecule has 156 valence electrons. The first-order valence-electron chi connectivity index (χ1n) is 10.6. The molecule has 2 aromatic heterocycles. The van der Waals surface area contributed by atoms with Gasteiger partial charge in [-0.05, 0) is 42.3 Å². The molecule has 0 atom stereocenters. The van der Waals surface area contributed by atoms with Crippen molar-refractivity contribution in [3.63, 3.8) is 0 Å². The highest BCUT2D eigenvalue weighted by Crippen LogP contribution is 2.28. The van der Waals surface area contributed by atoms with Crippen molar-refractivity contribution in [2.45, 2.75) is 13.0 Å². The first-order valence-corrected chi connectivity index (χ1v) is 10.6. The van der Waals surface area contributed by atoms with Crippen LogP contribution in [0, 0.1) is 6.92 Å². The highest BCUT2D eigenvalue weighted by Gasteiger charge is 2.21. The van der Waals surface area contributed by atoms with Gasteiger partial charge < -0.3 is 9.73 Å². The third-order valence-electron chi connectivity index (χ3n) is 5.49. The fourth-order valence-electron chi connectivity index (χ4n) is 3.92. The lowest BCUT2D eigenvalue weighted by molar-refractivity contribution is 0.0944. The van der Waals surface area contributed by atoms with E-state index in [1.165, 1.54) is 0 Å². The van der Waals surface area contributed by atoms with Gasteiger partial charge in [0.1, 0.15) is 11.5 Å². The number of nitrogens with one attached hydrogen (secondary N) is 1. The Labute approximate surface area is 186 Å². The van der Waals surface area contributed by atoms with Crippen molar-refractivity contribution in [1.29, 1.82) is 0 Å².